The Morgan fingerprint density at radius 2 is 1.92 bits per heavy atom. The van der Waals surface area contributed by atoms with Crippen LogP contribution in [0.2, 0.25) is 0 Å². The first-order valence-corrected chi connectivity index (χ1v) is 9.40. The molecule has 2 fully saturated rings. The molecule has 3 rings (SSSR count). The Bertz CT molecular complexity index is 585. The van der Waals surface area contributed by atoms with E-state index in [2.05, 4.69) is 34.9 Å². The molecule has 0 aromatic carbocycles. The predicted octanol–water partition coefficient (Wildman–Crippen LogP) is 2.86. The molecular weight excluding hydrogens is 316 g/mol. The molecule has 25 heavy (non-hydrogen) atoms. The molecule has 1 N–H and O–H groups in total. The van der Waals surface area contributed by atoms with Gasteiger partial charge in [0.2, 0.25) is 0 Å². The van der Waals surface area contributed by atoms with E-state index in [9.17, 15) is 9.90 Å². The molecule has 6 nitrogen and oxygen atoms in total. The van der Waals surface area contributed by atoms with Crippen molar-refractivity contribution >= 4 is 11.9 Å². The second-order valence-corrected chi connectivity index (χ2v) is 7.48. The van der Waals surface area contributed by atoms with Crippen LogP contribution in [0.4, 0.5) is 10.6 Å². The first kappa shape index (κ1) is 18.0. The van der Waals surface area contributed by atoms with Crippen molar-refractivity contribution in [2.24, 2.45) is 0 Å². The molecule has 0 spiro atoms. The van der Waals surface area contributed by atoms with E-state index >= 15 is 0 Å². The lowest BCUT2D eigenvalue weighted by Crippen LogP contribution is -2.41. The molecule has 1 atom stereocenters. The number of nitrogens with zero attached hydrogens (tertiary/aromatic N) is 4. The fourth-order valence-electron chi connectivity index (χ4n) is 4.31. The molecule has 0 bridgehead atoms. The third kappa shape index (κ3) is 4.24. The minimum atomic E-state index is -0.771. The van der Waals surface area contributed by atoms with Crippen LogP contribution in [-0.2, 0) is 0 Å². The van der Waals surface area contributed by atoms with Gasteiger partial charge >= 0.3 is 6.09 Å². The molecule has 2 aliphatic heterocycles. The molecule has 138 valence electrons. The van der Waals surface area contributed by atoms with E-state index < -0.39 is 6.09 Å². The van der Waals surface area contributed by atoms with Gasteiger partial charge in [0.15, 0.2) is 0 Å². The van der Waals surface area contributed by atoms with Gasteiger partial charge in [-0.25, -0.2) is 9.78 Å². The highest BCUT2D eigenvalue weighted by atomic mass is 16.4. The molecule has 1 amide bonds. The largest absolute Gasteiger partial charge is 0.465 e. The van der Waals surface area contributed by atoms with Crippen LogP contribution in [0.25, 0.3) is 0 Å². The molecule has 0 radical (unpaired) electrons. The number of anilines is 1. The van der Waals surface area contributed by atoms with Crippen molar-refractivity contribution in [3.63, 3.8) is 0 Å². The predicted molar refractivity (Wildman–Crippen MR) is 99.3 cm³/mol. The van der Waals surface area contributed by atoms with E-state index in [4.69, 9.17) is 0 Å². The summed E-state index contributed by atoms with van der Waals surface area (Å²) in [6.45, 7) is 3.56. The van der Waals surface area contributed by atoms with Crippen LogP contribution in [0.3, 0.4) is 0 Å². The lowest BCUT2D eigenvalue weighted by atomic mass is 9.88. The second-order valence-electron chi connectivity index (χ2n) is 7.48. The van der Waals surface area contributed by atoms with Crippen molar-refractivity contribution in [2.45, 2.75) is 44.1 Å². The maximum Gasteiger partial charge on any atom is 0.407 e. The number of likely N-dealkylation sites (tertiary alicyclic amines) is 2. The van der Waals surface area contributed by atoms with Gasteiger partial charge in [-0.3, -0.25) is 0 Å². The second kappa shape index (κ2) is 8.04. The molecule has 1 aromatic heterocycles. The molecule has 1 unspecified atom stereocenters. The number of piperidine rings is 1. The zero-order valence-corrected chi connectivity index (χ0v) is 15.4. The van der Waals surface area contributed by atoms with Gasteiger partial charge < -0.3 is 19.8 Å². The zero-order chi connectivity index (χ0) is 17.8. The van der Waals surface area contributed by atoms with Crippen molar-refractivity contribution in [3.05, 3.63) is 23.9 Å². The van der Waals surface area contributed by atoms with E-state index in [0.717, 1.165) is 51.0 Å². The summed E-state index contributed by atoms with van der Waals surface area (Å²) in [4.78, 5) is 22.0. The Balaban J connectivity index is 1.58. The highest BCUT2D eigenvalue weighted by Crippen LogP contribution is 2.34. The van der Waals surface area contributed by atoms with Gasteiger partial charge in [-0.2, -0.15) is 0 Å². The summed E-state index contributed by atoms with van der Waals surface area (Å²) in [5, 5.41) is 9.19. The summed E-state index contributed by atoms with van der Waals surface area (Å²) >= 11 is 0. The van der Waals surface area contributed by atoms with Crippen LogP contribution in [-0.4, -0.2) is 72.3 Å². The van der Waals surface area contributed by atoms with E-state index in [1.54, 1.807) is 4.90 Å². The van der Waals surface area contributed by atoms with Gasteiger partial charge in [-0.1, -0.05) is 6.07 Å². The maximum atomic E-state index is 11.2. The van der Waals surface area contributed by atoms with Gasteiger partial charge in [-0.15, -0.1) is 0 Å². The number of hydrogen-bond donors (Lipinski definition) is 1. The van der Waals surface area contributed by atoms with Crippen LogP contribution >= 0.6 is 0 Å². The fourth-order valence-corrected chi connectivity index (χ4v) is 4.31. The van der Waals surface area contributed by atoms with Crippen LogP contribution in [0.5, 0.6) is 0 Å². The highest BCUT2D eigenvalue weighted by Gasteiger charge is 2.29. The van der Waals surface area contributed by atoms with E-state index in [1.165, 1.54) is 5.56 Å². The number of carbonyl (C=O) groups is 1. The van der Waals surface area contributed by atoms with E-state index in [-0.39, 0.29) is 0 Å². The average Bonchev–Trinajstić information content (AvgIpc) is 2.88. The van der Waals surface area contributed by atoms with Crippen molar-refractivity contribution in [1.29, 1.82) is 0 Å². The van der Waals surface area contributed by atoms with Gasteiger partial charge in [-0.05, 0) is 62.7 Å². The number of rotatable bonds is 3. The molecule has 0 aliphatic carbocycles. The highest BCUT2D eigenvalue weighted by molar-refractivity contribution is 5.64. The lowest BCUT2D eigenvalue weighted by Gasteiger charge is -2.38. The standard InChI is InChI=1S/C19H30N4O2/c1-21(2)18-17(6-3-10-20-18)15-7-12-22(13-8-15)16-5-4-11-23(14-9-16)19(24)25/h3,6,10,15-16H,4-5,7-9,11-14H2,1-2H3,(H,24,25). The summed E-state index contributed by atoms with van der Waals surface area (Å²) in [6, 6.07) is 4.80. The third-order valence-electron chi connectivity index (χ3n) is 5.69. The Morgan fingerprint density at radius 1 is 1.16 bits per heavy atom. The molecular formula is C19H30N4O2. The lowest BCUT2D eigenvalue weighted by molar-refractivity contribution is 0.131. The molecule has 1 aromatic rings. The van der Waals surface area contributed by atoms with Crippen LogP contribution in [0.1, 0.15) is 43.6 Å². The van der Waals surface area contributed by atoms with Crippen molar-refractivity contribution < 1.29 is 9.90 Å². The monoisotopic (exact) mass is 346 g/mol. The Kier molecular flexibility index (Phi) is 5.78. The molecule has 3 heterocycles. The number of amides is 1. The fraction of sp³-hybridized carbons (Fsp3) is 0.684. The topological polar surface area (TPSA) is 59.9 Å². The normalized spacial score (nSPS) is 23.3. The Morgan fingerprint density at radius 3 is 2.60 bits per heavy atom. The average molecular weight is 346 g/mol. The third-order valence-corrected chi connectivity index (χ3v) is 5.69. The van der Waals surface area contributed by atoms with Crippen molar-refractivity contribution in [1.82, 2.24) is 14.8 Å². The minimum absolute atomic E-state index is 0.535. The van der Waals surface area contributed by atoms with Gasteiger partial charge in [0.1, 0.15) is 5.82 Å². The van der Waals surface area contributed by atoms with Crippen LogP contribution in [0.15, 0.2) is 18.3 Å². The van der Waals surface area contributed by atoms with Crippen LogP contribution in [0, 0.1) is 0 Å². The minimum Gasteiger partial charge on any atom is -0.465 e. The quantitative estimate of drug-likeness (QED) is 0.912. The number of aromatic nitrogens is 1. The summed E-state index contributed by atoms with van der Waals surface area (Å²) < 4.78 is 0. The van der Waals surface area contributed by atoms with Crippen LogP contribution < -0.4 is 4.90 Å². The first-order chi connectivity index (χ1) is 12.1. The maximum absolute atomic E-state index is 11.2. The molecule has 0 saturated carbocycles. The summed E-state index contributed by atoms with van der Waals surface area (Å²) in [5.74, 6) is 1.66. The van der Waals surface area contributed by atoms with Crippen molar-refractivity contribution in [3.8, 4) is 0 Å². The summed E-state index contributed by atoms with van der Waals surface area (Å²) in [6.07, 6.45) is 6.47. The molecule has 2 saturated heterocycles. The zero-order valence-electron chi connectivity index (χ0n) is 15.4. The van der Waals surface area contributed by atoms with Gasteiger partial charge in [0.25, 0.3) is 0 Å². The van der Waals surface area contributed by atoms with E-state index in [1.807, 2.05) is 12.3 Å². The first-order valence-electron chi connectivity index (χ1n) is 9.40. The Labute approximate surface area is 150 Å². The summed E-state index contributed by atoms with van der Waals surface area (Å²) in [5.41, 5.74) is 1.37. The SMILES string of the molecule is CN(C)c1ncccc1C1CCN(C2CCCN(C(=O)O)CC2)CC1. The molecule has 6 heteroatoms. The number of carboxylic acid groups (broad SMARTS) is 1. The number of hydrogen-bond acceptors (Lipinski definition) is 4. The van der Waals surface area contributed by atoms with Gasteiger partial charge in [0, 0.05) is 39.4 Å². The molecule has 2 aliphatic rings. The summed E-state index contributed by atoms with van der Waals surface area (Å²) in [7, 11) is 4.11. The number of pyridine rings is 1. The van der Waals surface area contributed by atoms with Crippen molar-refractivity contribution in [2.75, 3.05) is 45.2 Å². The van der Waals surface area contributed by atoms with Gasteiger partial charge in [0.05, 0.1) is 0 Å². The Hall–Kier alpha value is -1.82. The smallest absolute Gasteiger partial charge is 0.407 e. The van der Waals surface area contributed by atoms with E-state index in [0.29, 0.717) is 25.0 Å².